The van der Waals surface area contributed by atoms with Gasteiger partial charge in [0, 0.05) is 36.9 Å². The highest BCUT2D eigenvalue weighted by atomic mass is 35.5. The van der Waals surface area contributed by atoms with Crippen molar-refractivity contribution in [1.82, 2.24) is 24.9 Å². The molecule has 1 aliphatic rings. The summed E-state index contributed by atoms with van der Waals surface area (Å²) in [5, 5.41) is 18.6. The number of benzene rings is 2. The van der Waals surface area contributed by atoms with Crippen LogP contribution >= 0.6 is 11.6 Å². The van der Waals surface area contributed by atoms with Crippen molar-refractivity contribution in [1.29, 1.82) is 0 Å². The molecule has 8 nitrogen and oxygen atoms in total. The first-order valence-corrected chi connectivity index (χ1v) is 12.1. The van der Waals surface area contributed by atoms with E-state index in [0.29, 0.717) is 31.2 Å². The molecule has 0 bridgehead atoms. The Morgan fingerprint density at radius 2 is 1.66 bits per heavy atom. The Balaban J connectivity index is 1.36. The molecule has 1 aliphatic heterocycles. The van der Waals surface area contributed by atoms with E-state index in [1.54, 1.807) is 0 Å². The number of piperazine rings is 1. The Bertz CT molecular complexity index is 1410. The van der Waals surface area contributed by atoms with Crippen LogP contribution in [0.2, 0.25) is 5.02 Å². The molecule has 0 aliphatic carbocycles. The number of hydrogen-bond donors (Lipinski definition) is 1. The quantitative estimate of drug-likeness (QED) is 0.435. The number of anilines is 2. The molecular weight excluding hydrogens is 462 g/mol. The molecule has 4 aromatic rings. The molecule has 0 spiro atoms. The molecule has 0 radical (unpaired) electrons. The first-order valence-electron chi connectivity index (χ1n) is 11.7. The van der Waals surface area contributed by atoms with Crippen LogP contribution in [0.25, 0.3) is 16.6 Å². The van der Waals surface area contributed by atoms with Gasteiger partial charge < -0.3 is 15.1 Å². The summed E-state index contributed by atoms with van der Waals surface area (Å²) < 4.78 is 1.91. The van der Waals surface area contributed by atoms with Crippen LogP contribution in [0, 0.1) is 27.7 Å². The molecule has 2 aromatic heterocycles. The highest BCUT2D eigenvalue weighted by Gasteiger charge is 2.26. The van der Waals surface area contributed by atoms with Crippen LogP contribution < -0.4 is 10.2 Å². The second-order valence-corrected chi connectivity index (χ2v) is 9.47. The van der Waals surface area contributed by atoms with E-state index in [9.17, 15) is 4.79 Å². The molecule has 1 fully saturated rings. The van der Waals surface area contributed by atoms with E-state index in [1.807, 2.05) is 73.7 Å². The van der Waals surface area contributed by atoms with Gasteiger partial charge in [-0.1, -0.05) is 29.3 Å². The highest BCUT2D eigenvalue weighted by molar-refractivity contribution is 6.30. The van der Waals surface area contributed by atoms with E-state index >= 15 is 0 Å². The fraction of sp³-hybridized carbons (Fsp3) is 0.308. The number of fused-ring (bicyclic) bond motifs is 1. The smallest absolute Gasteiger partial charge is 0.321 e. The van der Waals surface area contributed by atoms with Crippen LogP contribution in [0.3, 0.4) is 0 Å². The lowest BCUT2D eigenvalue weighted by molar-refractivity contribution is 0.208. The number of nitrogens with zero attached hydrogens (tertiary/aromatic N) is 6. The van der Waals surface area contributed by atoms with Gasteiger partial charge in [0.2, 0.25) is 0 Å². The van der Waals surface area contributed by atoms with Crippen molar-refractivity contribution < 1.29 is 4.79 Å². The number of aryl methyl sites for hydroxylation is 4. The SMILES string of the molecule is Cc1ccc(NC(=O)N2CCN(c3nnc(C)c4c(C)n(-c5ccc(Cl)cc5)nc34)CC2)c(C)c1. The van der Waals surface area contributed by atoms with Gasteiger partial charge in [0.15, 0.2) is 5.82 Å². The minimum Gasteiger partial charge on any atom is -0.350 e. The maximum absolute atomic E-state index is 12.9. The topological polar surface area (TPSA) is 79.2 Å². The zero-order valence-corrected chi connectivity index (χ0v) is 21.1. The molecule has 1 N–H and O–H groups in total. The Morgan fingerprint density at radius 3 is 2.34 bits per heavy atom. The Hall–Kier alpha value is -3.65. The fourth-order valence-corrected chi connectivity index (χ4v) is 4.75. The molecule has 35 heavy (non-hydrogen) atoms. The predicted molar refractivity (Wildman–Crippen MR) is 140 cm³/mol. The Morgan fingerprint density at radius 1 is 0.943 bits per heavy atom. The Labute approximate surface area is 209 Å². The third kappa shape index (κ3) is 4.41. The third-order valence-corrected chi connectivity index (χ3v) is 6.80. The number of urea groups is 1. The van der Waals surface area contributed by atoms with Gasteiger partial charge in [-0.3, -0.25) is 0 Å². The maximum Gasteiger partial charge on any atom is 0.321 e. The summed E-state index contributed by atoms with van der Waals surface area (Å²) in [5.41, 5.74) is 6.67. The number of amides is 2. The average Bonchev–Trinajstić information content (AvgIpc) is 3.19. The van der Waals surface area contributed by atoms with Gasteiger partial charge in [-0.2, -0.15) is 10.2 Å². The average molecular weight is 490 g/mol. The molecule has 1 saturated heterocycles. The molecule has 3 heterocycles. The van der Waals surface area contributed by atoms with Gasteiger partial charge in [-0.15, -0.1) is 5.10 Å². The van der Waals surface area contributed by atoms with Crippen molar-refractivity contribution in [3.8, 4) is 5.69 Å². The second-order valence-electron chi connectivity index (χ2n) is 9.03. The molecular formula is C26H28ClN7O. The minimum absolute atomic E-state index is 0.0837. The van der Waals surface area contributed by atoms with E-state index in [-0.39, 0.29) is 6.03 Å². The van der Waals surface area contributed by atoms with E-state index in [1.165, 1.54) is 5.56 Å². The van der Waals surface area contributed by atoms with Crippen LogP contribution in [-0.2, 0) is 0 Å². The summed E-state index contributed by atoms with van der Waals surface area (Å²) in [6.45, 7) is 10.5. The van der Waals surface area contributed by atoms with E-state index in [4.69, 9.17) is 16.7 Å². The summed E-state index contributed by atoms with van der Waals surface area (Å²) in [4.78, 5) is 16.9. The van der Waals surface area contributed by atoms with Crippen LogP contribution in [0.4, 0.5) is 16.3 Å². The number of halogens is 1. The second kappa shape index (κ2) is 9.19. The number of carbonyl (C=O) groups is 1. The lowest BCUT2D eigenvalue weighted by atomic mass is 10.1. The zero-order chi connectivity index (χ0) is 24.7. The summed E-state index contributed by atoms with van der Waals surface area (Å²) in [7, 11) is 0. The standard InChI is InChI=1S/C26H28ClN7O/c1-16-5-10-22(17(2)15-16)28-26(35)33-13-11-32(12-14-33)25-24-23(18(3)29-30-25)19(4)34(31-24)21-8-6-20(27)7-9-21/h5-10,15H,11-14H2,1-4H3,(H,28,35). The molecule has 5 rings (SSSR count). The molecule has 0 unspecified atom stereocenters. The number of carbonyl (C=O) groups excluding carboxylic acids is 1. The molecule has 180 valence electrons. The zero-order valence-electron chi connectivity index (χ0n) is 20.3. The first kappa shape index (κ1) is 23.1. The van der Waals surface area contributed by atoms with E-state index in [0.717, 1.165) is 45.0 Å². The molecule has 0 atom stereocenters. The van der Waals surface area contributed by atoms with Gasteiger partial charge in [0.05, 0.1) is 22.5 Å². The van der Waals surface area contributed by atoms with Crippen molar-refractivity contribution >= 4 is 40.0 Å². The molecule has 9 heteroatoms. The summed E-state index contributed by atoms with van der Waals surface area (Å²) >= 11 is 6.07. The number of aromatic nitrogens is 4. The number of hydrogen-bond acceptors (Lipinski definition) is 5. The molecule has 2 amide bonds. The van der Waals surface area contributed by atoms with Crippen molar-refractivity contribution in [2.24, 2.45) is 0 Å². The van der Waals surface area contributed by atoms with Crippen LogP contribution in [0.15, 0.2) is 42.5 Å². The van der Waals surface area contributed by atoms with Gasteiger partial charge in [0.25, 0.3) is 0 Å². The van der Waals surface area contributed by atoms with Crippen molar-refractivity contribution in [3.63, 3.8) is 0 Å². The van der Waals surface area contributed by atoms with Gasteiger partial charge in [-0.25, -0.2) is 9.48 Å². The first-order chi connectivity index (χ1) is 16.8. The fourth-order valence-electron chi connectivity index (χ4n) is 4.63. The number of nitrogens with one attached hydrogen (secondary N) is 1. The Kier molecular flexibility index (Phi) is 6.06. The van der Waals surface area contributed by atoms with E-state index < -0.39 is 0 Å². The lowest BCUT2D eigenvalue weighted by Gasteiger charge is -2.35. The van der Waals surface area contributed by atoms with Gasteiger partial charge in [-0.05, 0) is 63.6 Å². The van der Waals surface area contributed by atoms with Crippen LogP contribution in [0.1, 0.15) is 22.5 Å². The third-order valence-electron chi connectivity index (χ3n) is 6.55. The summed E-state index contributed by atoms with van der Waals surface area (Å²) in [6.07, 6.45) is 0. The monoisotopic (exact) mass is 489 g/mol. The summed E-state index contributed by atoms with van der Waals surface area (Å²) in [5.74, 6) is 0.746. The normalized spacial score (nSPS) is 14.0. The molecule has 2 aromatic carbocycles. The maximum atomic E-state index is 12.9. The summed E-state index contributed by atoms with van der Waals surface area (Å²) in [6, 6.07) is 13.6. The molecule has 0 saturated carbocycles. The number of rotatable bonds is 3. The van der Waals surface area contributed by atoms with Crippen molar-refractivity contribution in [2.45, 2.75) is 27.7 Å². The van der Waals surface area contributed by atoms with Crippen molar-refractivity contribution in [3.05, 3.63) is 70.0 Å². The van der Waals surface area contributed by atoms with Gasteiger partial charge >= 0.3 is 6.03 Å². The highest BCUT2D eigenvalue weighted by Crippen LogP contribution is 2.30. The minimum atomic E-state index is -0.0837. The van der Waals surface area contributed by atoms with Crippen molar-refractivity contribution in [2.75, 3.05) is 36.4 Å². The van der Waals surface area contributed by atoms with E-state index in [2.05, 4.69) is 26.5 Å². The van der Waals surface area contributed by atoms with Crippen LogP contribution in [0.5, 0.6) is 0 Å². The lowest BCUT2D eigenvalue weighted by Crippen LogP contribution is -2.50. The van der Waals surface area contributed by atoms with Crippen LogP contribution in [-0.4, -0.2) is 57.1 Å². The predicted octanol–water partition coefficient (Wildman–Crippen LogP) is 5.06. The van der Waals surface area contributed by atoms with Gasteiger partial charge in [0.1, 0.15) is 5.52 Å². The largest absolute Gasteiger partial charge is 0.350 e.